The number of aromatic hydroxyl groups is 1. The summed E-state index contributed by atoms with van der Waals surface area (Å²) in [6.07, 6.45) is -2.35. The van der Waals surface area contributed by atoms with Crippen LogP contribution in [-0.2, 0) is 9.59 Å². The summed E-state index contributed by atoms with van der Waals surface area (Å²) in [7, 11) is 1.39. The molecule has 1 fully saturated rings. The third-order valence-corrected chi connectivity index (χ3v) is 5.37. The molecule has 11 nitrogen and oxygen atoms in total. The number of phenolic OH excluding ortho intramolecular Hbond substituents is 1. The lowest BCUT2D eigenvalue weighted by Gasteiger charge is -2.23. The zero-order valence-corrected chi connectivity index (χ0v) is 18.9. The predicted octanol–water partition coefficient (Wildman–Crippen LogP) is 0.799. The number of ether oxygens (including phenoxy) is 1. The third kappa shape index (κ3) is 7.10. The molecule has 13 heteroatoms. The average molecular weight is 497 g/mol. The van der Waals surface area contributed by atoms with E-state index in [4.69, 9.17) is 48.4 Å². The van der Waals surface area contributed by atoms with Gasteiger partial charge in [0.15, 0.2) is 23.7 Å². The first-order valence-electron chi connectivity index (χ1n) is 9.55. The van der Waals surface area contributed by atoms with Crippen LogP contribution in [0.3, 0.4) is 0 Å². The minimum atomic E-state index is -2.27. The predicted molar refractivity (Wildman–Crippen MR) is 115 cm³/mol. The lowest BCUT2D eigenvalue weighted by atomic mass is 10.1. The molecular weight excluding hydrogens is 471 g/mol. The van der Waals surface area contributed by atoms with Gasteiger partial charge in [0.2, 0.25) is 0 Å². The molecule has 1 amide bonds. The van der Waals surface area contributed by atoms with Crippen LogP contribution < -0.4 is 10.1 Å². The molecule has 180 valence electrons. The molecule has 0 aromatic heterocycles. The highest BCUT2D eigenvalue weighted by Gasteiger charge is 2.29. The number of amides is 1. The summed E-state index contributed by atoms with van der Waals surface area (Å²) in [6.45, 7) is 4.62. The summed E-state index contributed by atoms with van der Waals surface area (Å²) in [5, 5.41) is 45.6. The second kappa shape index (κ2) is 12.7. The van der Waals surface area contributed by atoms with Gasteiger partial charge in [-0.1, -0.05) is 30.1 Å². The molecule has 0 spiro atoms. The highest BCUT2D eigenvalue weighted by molar-refractivity contribution is 6.37. The number of aliphatic hydroxyl groups is 2. The summed E-state index contributed by atoms with van der Waals surface area (Å²) in [6, 6.07) is 1.67. The number of rotatable bonds is 8. The number of carbonyl (C=O) groups excluding carboxylic acids is 1. The summed E-state index contributed by atoms with van der Waals surface area (Å²) in [5.41, 5.74) is -0.0268. The van der Waals surface area contributed by atoms with Gasteiger partial charge in [-0.15, -0.1) is 0 Å². The number of methoxy groups -OCH3 is 1. The first-order valence-corrected chi connectivity index (χ1v) is 10.3. The molecule has 1 aliphatic heterocycles. The molecule has 0 bridgehead atoms. The number of carboxylic acid groups (broad SMARTS) is 2. The molecule has 2 unspecified atom stereocenters. The van der Waals surface area contributed by atoms with Gasteiger partial charge in [0.05, 0.1) is 17.2 Å². The van der Waals surface area contributed by atoms with E-state index < -0.39 is 30.1 Å². The van der Waals surface area contributed by atoms with Crippen molar-refractivity contribution in [2.45, 2.75) is 38.0 Å². The van der Waals surface area contributed by atoms with Crippen molar-refractivity contribution in [3.63, 3.8) is 0 Å². The zero-order chi connectivity index (χ0) is 24.6. The number of carbonyl (C=O) groups is 3. The van der Waals surface area contributed by atoms with E-state index in [1.807, 2.05) is 0 Å². The van der Waals surface area contributed by atoms with Crippen LogP contribution in [-0.4, -0.2) is 93.3 Å². The highest BCUT2D eigenvalue weighted by Crippen LogP contribution is 2.40. The zero-order valence-electron chi connectivity index (χ0n) is 17.4. The molecule has 1 aromatic rings. The van der Waals surface area contributed by atoms with E-state index in [9.17, 15) is 19.5 Å². The molecule has 32 heavy (non-hydrogen) atoms. The number of carboxylic acids is 2. The third-order valence-electron chi connectivity index (χ3n) is 4.80. The number of aliphatic hydroxyl groups excluding tert-OH is 2. The van der Waals surface area contributed by atoms with E-state index in [0.717, 1.165) is 25.9 Å². The summed E-state index contributed by atoms with van der Waals surface area (Å²) in [5.74, 6) is -4.18. The summed E-state index contributed by atoms with van der Waals surface area (Å²) < 4.78 is 5.13. The molecule has 0 saturated carbocycles. The van der Waals surface area contributed by atoms with Gasteiger partial charge in [-0.05, 0) is 32.0 Å². The summed E-state index contributed by atoms with van der Waals surface area (Å²) >= 11 is 11.9. The molecule has 0 aliphatic carbocycles. The number of hydrogen-bond donors (Lipinski definition) is 6. The van der Waals surface area contributed by atoms with Gasteiger partial charge >= 0.3 is 11.9 Å². The smallest absolute Gasteiger partial charge is 0.335 e. The van der Waals surface area contributed by atoms with Crippen molar-refractivity contribution in [1.29, 1.82) is 0 Å². The molecule has 1 heterocycles. The van der Waals surface area contributed by atoms with Gasteiger partial charge in [-0.3, -0.25) is 9.69 Å². The second-order valence-corrected chi connectivity index (χ2v) is 7.61. The van der Waals surface area contributed by atoms with Crippen LogP contribution in [0.25, 0.3) is 0 Å². The molecule has 0 radical (unpaired) electrons. The SMILES string of the molecule is CCN1CCC[C@H]1CNC(=O)c1c(O)c(Cl)cc(Cl)c1OC.O=C(O)C(O)C(O)C(=O)O. The van der Waals surface area contributed by atoms with Gasteiger partial charge < -0.3 is 35.6 Å². The van der Waals surface area contributed by atoms with Crippen LogP contribution in [0.15, 0.2) is 6.07 Å². The fourth-order valence-electron chi connectivity index (χ4n) is 3.11. The molecule has 1 aromatic carbocycles. The van der Waals surface area contributed by atoms with Gasteiger partial charge in [-0.25, -0.2) is 9.59 Å². The first kappa shape index (κ1) is 27.7. The molecular formula is C19H26Cl2N2O9. The number of nitrogens with one attached hydrogen (secondary N) is 1. The van der Waals surface area contributed by atoms with Crippen molar-refractivity contribution >= 4 is 41.0 Å². The number of nitrogens with zero attached hydrogens (tertiary/aromatic N) is 1. The van der Waals surface area contributed by atoms with Crippen LogP contribution in [0.2, 0.25) is 10.0 Å². The van der Waals surface area contributed by atoms with Crippen molar-refractivity contribution in [2.75, 3.05) is 26.7 Å². The molecule has 6 N–H and O–H groups in total. The molecule has 2 rings (SSSR count). The van der Waals surface area contributed by atoms with Crippen molar-refractivity contribution in [1.82, 2.24) is 10.2 Å². The van der Waals surface area contributed by atoms with E-state index in [1.165, 1.54) is 13.2 Å². The standard InChI is InChI=1S/C15H20Cl2N2O3.C4H6O6/c1-3-19-6-4-5-9(19)8-18-15(21)12-13(20)10(16)7-11(17)14(12)22-2;5-1(3(7)8)2(6)4(9)10/h7,9,20H,3-6,8H2,1-2H3,(H,18,21);1-2,5-6H,(H,7,8)(H,9,10)/t9-;/m0./s1. The van der Waals surface area contributed by atoms with Crippen LogP contribution in [0.4, 0.5) is 0 Å². The topological polar surface area (TPSA) is 177 Å². The Morgan fingerprint density at radius 2 is 1.75 bits per heavy atom. The monoisotopic (exact) mass is 496 g/mol. The molecule has 1 aliphatic rings. The van der Waals surface area contributed by atoms with Crippen molar-refractivity contribution in [3.05, 3.63) is 21.7 Å². The van der Waals surface area contributed by atoms with E-state index >= 15 is 0 Å². The number of phenols is 1. The first-order chi connectivity index (χ1) is 15.0. The van der Waals surface area contributed by atoms with Crippen molar-refractivity contribution in [3.8, 4) is 11.5 Å². The summed E-state index contributed by atoms with van der Waals surface area (Å²) in [4.78, 5) is 34.3. The molecule has 1 saturated heterocycles. The highest BCUT2D eigenvalue weighted by atomic mass is 35.5. The van der Waals surface area contributed by atoms with Gasteiger partial charge in [0.25, 0.3) is 5.91 Å². The maximum absolute atomic E-state index is 12.4. The lowest BCUT2D eigenvalue weighted by molar-refractivity contribution is -0.165. The minimum absolute atomic E-state index is 0.0204. The largest absolute Gasteiger partial charge is 0.505 e. The average Bonchev–Trinajstić information content (AvgIpc) is 3.21. The van der Waals surface area contributed by atoms with Crippen LogP contribution in [0, 0.1) is 0 Å². The fourth-order valence-corrected chi connectivity index (χ4v) is 3.65. The lowest BCUT2D eigenvalue weighted by Crippen LogP contribution is -2.40. The fraction of sp³-hybridized carbons (Fsp3) is 0.526. The van der Waals surface area contributed by atoms with E-state index in [2.05, 4.69) is 17.1 Å². The number of likely N-dealkylation sites (N-methyl/N-ethyl adjacent to an activating group) is 1. The van der Waals surface area contributed by atoms with E-state index in [1.54, 1.807) is 0 Å². The number of benzene rings is 1. The normalized spacial score (nSPS) is 17.6. The van der Waals surface area contributed by atoms with Gasteiger partial charge in [0, 0.05) is 12.6 Å². The number of hydrogen-bond acceptors (Lipinski definition) is 8. The van der Waals surface area contributed by atoms with Crippen molar-refractivity contribution < 1.29 is 44.7 Å². The van der Waals surface area contributed by atoms with E-state index in [0.29, 0.717) is 12.6 Å². The Morgan fingerprint density at radius 3 is 2.22 bits per heavy atom. The Morgan fingerprint density at radius 1 is 1.19 bits per heavy atom. The maximum Gasteiger partial charge on any atom is 0.335 e. The van der Waals surface area contributed by atoms with E-state index in [-0.39, 0.29) is 27.1 Å². The van der Waals surface area contributed by atoms with Crippen LogP contribution in [0.1, 0.15) is 30.1 Å². The Hall–Kier alpha value is -2.31. The minimum Gasteiger partial charge on any atom is -0.505 e. The van der Waals surface area contributed by atoms with Crippen LogP contribution >= 0.6 is 23.2 Å². The van der Waals surface area contributed by atoms with Gasteiger partial charge in [0.1, 0.15) is 5.56 Å². The number of aliphatic carboxylic acids is 2. The Bertz CT molecular complexity index is 820. The maximum atomic E-state index is 12.4. The Labute approximate surface area is 194 Å². The molecule has 3 atom stereocenters. The van der Waals surface area contributed by atoms with Gasteiger partial charge in [-0.2, -0.15) is 0 Å². The Balaban J connectivity index is 0.000000433. The quantitative estimate of drug-likeness (QED) is 0.301. The van der Waals surface area contributed by atoms with Crippen molar-refractivity contribution in [2.24, 2.45) is 0 Å². The van der Waals surface area contributed by atoms with Crippen LogP contribution in [0.5, 0.6) is 11.5 Å². The number of likely N-dealkylation sites (tertiary alicyclic amines) is 1. The Kier molecular flexibility index (Phi) is 11.0. The second-order valence-electron chi connectivity index (χ2n) is 6.80. The number of halogens is 2.